The van der Waals surface area contributed by atoms with Crippen molar-refractivity contribution in [2.75, 3.05) is 19.8 Å². The van der Waals surface area contributed by atoms with E-state index in [9.17, 15) is 19.1 Å². The first-order valence-corrected chi connectivity index (χ1v) is 6.15. The number of aromatic amines is 1. The summed E-state index contributed by atoms with van der Waals surface area (Å²) >= 11 is 0. The van der Waals surface area contributed by atoms with Crippen molar-refractivity contribution in [2.24, 2.45) is 5.73 Å². The normalized spacial score (nSPS) is 26.1. The maximum Gasteiger partial charge on any atom is 0.330 e. The maximum atomic E-state index is 13.2. The van der Waals surface area contributed by atoms with Crippen LogP contribution in [0.4, 0.5) is 4.39 Å². The van der Waals surface area contributed by atoms with Crippen LogP contribution in [-0.2, 0) is 9.47 Å². The summed E-state index contributed by atoms with van der Waals surface area (Å²) in [5.41, 5.74) is 3.46. The molecule has 0 radical (unpaired) electrons. The van der Waals surface area contributed by atoms with Crippen molar-refractivity contribution in [1.82, 2.24) is 9.55 Å². The highest BCUT2D eigenvalue weighted by Gasteiger charge is 2.37. The van der Waals surface area contributed by atoms with Crippen molar-refractivity contribution < 1.29 is 19.0 Å². The number of nitrogens with zero attached hydrogens (tertiary/aromatic N) is 1. The topological polar surface area (TPSA) is 120 Å². The molecule has 4 N–H and O–H groups in total. The zero-order valence-corrected chi connectivity index (χ0v) is 10.6. The summed E-state index contributed by atoms with van der Waals surface area (Å²) in [5, 5.41) is 9.21. The minimum Gasteiger partial charge on any atom is -0.394 e. The Bertz CT molecular complexity index is 572. The second-order valence-electron chi connectivity index (χ2n) is 4.39. The largest absolute Gasteiger partial charge is 0.394 e. The van der Waals surface area contributed by atoms with E-state index in [1.807, 2.05) is 4.98 Å². The van der Waals surface area contributed by atoms with Crippen LogP contribution < -0.4 is 17.0 Å². The van der Waals surface area contributed by atoms with E-state index in [1.165, 1.54) is 0 Å². The van der Waals surface area contributed by atoms with Gasteiger partial charge in [-0.25, -0.2) is 4.79 Å². The average Bonchev–Trinajstić information content (AvgIpc) is 2.83. The maximum absolute atomic E-state index is 13.2. The van der Waals surface area contributed by atoms with E-state index in [-0.39, 0.29) is 19.6 Å². The van der Waals surface area contributed by atoms with Gasteiger partial charge in [-0.1, -0.05) is 0 Å². The lowest BCUT2D eigenvalue weighted by molar-refractivity contribution is -0.0612. The highest BCUT2D eigenvalue weighted by atomic mass is 19.1. The zero-order chi connectivity index (χ0) is 14.7. The Balaban J connectivity index is 2.20. The summed E-state index contributed by atoms with van der Waals surface area (Å²) in [7, 11) is 0. The zero-order valence-electron chi connectivity index (χ0n) is 10.6. The van der Waals surface area contributed by atoms with E-state index in [4.69, 9.17) is 15.2 Å². The van der Waals surface area contributed by atoms with Crippen LogP contribution in [0.3, 0.4) is 0 Å². The summed E-state index contributed by atoms with van der Waals surface area (Å²) in [6, 6.07) is 0. The number of H-pyrrole nitrogens is 1. The summed E-state index contributed by atoms with van der Waals surface area (Å²) in [6.45, 7) is 0.297. The van der Waals surface area contributed by atoms with Crippen LogP contribution in [0.15, 0.2) is 15.8 Å². The molecule has 9 heteroatoms. The molecular weight excluding hydrogens is 273 g/mol. The lowest BCUT2D eigenvalue weighted by Gasteiger charge is -2.15. The molecule has 8 nitrogen and oxygen atoms in total. The van der Waals surface area contributed by atoms with Crippen LogP contribution >= 0.6 is 0 Å². The van der Waals surface area contributed by atoms with Crippen molar-refractivity contribution in [3.63, 3.8) is 0 Å². The van der Waals surface area contributed by atoms with E-state index in [2.05, 4.69) is 0 Å². The predicted molar refractivity (Wildman–Crippen MR) is 65.7 cm³/mol. The minimum absolute atomic E-state index is 0.247. The molecule has 1 aliphatic heterocycles. The van der Waals surface area contributed by atoms with Crippen LogP contribution in [0.25, 0.3) is 0 Å². The molecule has 0 unspecified atom stereocenters. The molecule has 0 bridgehead atoms. The average molecular weight is 289 g/mol. The summed E-state index contributed by atoms with van der Waals surface area (Å²) in [4.78, 5) is 24.5. The number of hydrogen-bond donors (Lipinski definition) is 3. The molecule has 0 amide bonds. The number of halogens is 1. The number of aliphatic hydroxyl groups excluding tert-OH is 1. The van der Waals surface area contributed by atoms with Gasteiger partial charge in [-0.2, -0.15) is 4.39 Å². The van der Waals surface area contributed by atoms with Crippen LogP contribution in [0.1, 0.15) is 12.6 Å². The van der Waals surface area contributed by atoms with Gasteiger partial charge in [0.25, 0.3) is 5.56 Å². The van der Waals surface area contributed by atoms with E-state index >= 15 is 0 Å². The second kappa shape index (κ2) is 6.27. The fraction of sp³-hybridized carbons (Fsp3) is 0.636. The third-order valence-electron chi connectivity index (χ3n) is 3.04. The number of aliphatic hydroxyl groups is 1. The third kappa shape index (κ3) is 2.96. The molecule has 1 fully saturated rings. The first-order chi connectivity index (χ1) is 9.56. The van der Waals surface area contributed by atoms with Crippen LogP contribution in [-0.4, -0.2) is 46.6 Å². The molecule has 0 saturated carbocycles. The van der Waals surface area contributed by atoms with Gasteiger partial charge in [0.2, 0.25) is 5.82 Å². The lowest BCUT2D eigenvalue weighted by Crippen LogP contribution is -2.34. The quantitative estimate of drug-likeness (QED) is 0.594. The monoisotopic (exact) mass is 289 g/mol. The number of aromatic nitrogens is 2. The van der Waals surface area contributed by atoms with E-state index in [0.717, 1.165) is 10.8 Å². The van der Waals surface area contributed by atoms with Gasteiger partial charge in [-0.15, -0.1) is 0 Å². The van der Waals surface area contributed by atoms with Gasteiger partial charge in [0, 0.05) is 13.0 Å². The van der Waals surface area contributed by atoms with E-state index < -0.39 is 35.5 Å². The summed E-state index contributed by atoms with van der Waals surface area (Å²) in [6.07, 6.45) is -0.861. The second-order valence-corrected chi connectivity index (χ2v) is 4.39. The van der Waals surface area contributed by atoms with E-state index in [0.29, 0.717) is 6.54 Å². The Morgan fingerprint density at radius 1 is 1.60 bits per heavy atom. The van der Waals surface area contributed by atoms with Crippen molar-refractivity contribution in [1.29, 1.82) is 0 Å². The molecule has 1 aromatic rings. The van der Waals surface area contributed by atoms with Crippen LogP contribution in [0, 0.1) is 5.82 Å². The molecule has 1 aromatic heterocycles. The molecule has 3 atom stereocenters. The number of nitrogens with one attached hydrogen (secondary N) is 1. The standard InChI is InChI=1S/C11H16FN3O5/c12-6-4-15(11(18)14-10(6)17)9-3-7(19-2-1-13)8(5-16)20-9/h4,7-9,16H,1-3,5,13H2,(H,14,17,18)/t7-,8+,9-/m0/s1. The summed E-state index contributed by atoms with van der Waals surface area (Å²) < 4.78 is 25.0. The van der Waals surface area contributed by atoms with Crippen molar-refractivity contribution >= 4 is 0 Å². The third-order valence-corrected chi connectivity index (χ3v) is 3.04. The highest BCUT2D eigenvalue weighted by molar-refractivity contribution is 4.91. The summed E-state index contributed by atoms with van der Waals surface area (Å²) in [5.74, 6) is -1.08. The molecule has 1 saturated heterocycles. The SMILES string of the molecule is NCCO[C@H]1C[C@@H](n2cc(F)c(=O)[nH]c2=O)O[C@@H]1CO. The molecule has 112 valence electrons. The number of hydrogen-bond acceptors (Lipinski definition) is 6. The Labute approximate surface area is 112 Å². The number of rotatable bonds is 5. The molecule has 0 aromatic carbocycles. The molecule has 20 heavy (non-hydrogen) atoms. The Hall–Kier alpha value is -1.55. The Morgan fingerprint density at radius 2 is 2.35 bits per heavy atom. The highest BCUT2D eigenvalue weighted by Crippen LogP contribution is 2.29. The van der Waals surface area contributed by atoms with Crippen LogP contribution in [0.5, 0.6) is 0 Å². The molecular formula is C11H16FN3O5. The lowest BCUT2D eigenvalue weighted by atomic mass is 10.2. The first-order valence-electron chi connectivity index (χ1n) is 6.15. The minimum atomic E-state index is -1.08. The molecule has 0 aliphatic carbocycles. The first kappa shape index (κ1) is 14.9. The smallest absolute Gasteiger partial charge is 0.330 e. The van der Waals surface area contributed by atoms with Crippen molar-refractivity contribution in [3.8, 4) is 0 Å². The molecule has 2 rings (SSSR count). The van der Waals surface area contributed by atoms with Crippen molar-refractivity contribution in [3.05, 3.63) is 32.9 Å². The predicted octanol–water partition coefficient (Wildman–Crippen LogP) is -1.70. The van der Waals surface area contributed by atoms with Gasteiger partial charge in [-0.3, -0.25) is 14.3 Å². The molecule has 2 heterocycles. The molecule has 0 spiro atoms. The van der Waals surface area contributed by atoms with Gasteiger partial charge >= 0.3 is 5.69 Å². The fourth-order valence-corrected chi connectivity index (χ4v) is 2.10. The van der Waals surface area contributed by atoms with Crippen molar-refractivity contribution in [2.45, 2.75) is 24.9 Å². The fourth-order valence-electron chi connectivity index (χ4n) is 2.10. The molecule has 1 aliphatic rings. The van der Waals surface area contributed by atoms with Gasteiger partial charge in [0.15, 0.2) is 0 Å². The van der Waals surface area contributed by atoms with Gasteiger partial charge in [0.1, 0.15) is 12.3 Å². The number of nitrogens with two attached hydrogens (primary N) is 1. The Morgan fingerprint density at radius 3 is 3.00 bits per heavy atom. The van der Waals surface area contributed by atoms with Gasteiger partial charge in [-0.05, 0) is 0 Å². The van der Waals surface area contributed by atoms with Gasteiger partial charge in [0.05, 0.1) is 25.5 Å². The van der Waals surface area contributed by atoms with Crippen LogP contribution in [0.2, 0.25) is 0 Å². The van der Waals surface area contributed by atoms with E-state index in [1.54, 1.807) is 0 Å². The van der Waals surface area contributed by atoms with Gasteiger partial charge < -0.3 is 20.3 Å². The number of ether oxygens (including phenoxy) is 2. The Kier molecular flexibility index (Phi) is 4.65.